The first-order valence-electron chi connectivity index (χ1n) is 2.55. The molecule has 0 atom stereocenters. The molecule has 0 spiro atoms. The van der Waals surface area contributed by atoms with E-state index in [1.165, 1.54) is 0 Å². The van der Waals surface area contributed by atoms with Crippen molar-refractivity contribution in [2.75, 3.05) is 0 Å². The Balaban J connectivity index is 4.35. The first-order chi connectivity index (χ1) is 4.57. The number of allylic oxidation sites excluding steroid dienone is 3. The van der Waals surface area contributed by atoms with Gasteiger partial charge in [0.05, 0.1) is 0 Å². The molecule has 0 radical (unpaired) electrons. The monoisotopic (exact) mass is 307 g/mol. The van der Waals surface area contributed by atoms with Crippen molar-refractivity contribution in [3.8, 4) is 6.07 Å². The van der Waals surface area contributed by atoms with Crippen LogP contribution in [0.3, 0.4) is 0 Å². The van der Waals surface area contributed by atoms with Crippen LogP contribution in [-0.2, 0) is 19.4 Å². The summed E-state index contributed by atoms with van der Waals surface area (Å²) in [6.45, 7) is 4.99. The van der Waals surface area contributed by atoms with Gasteiger partial charge in [0.1, 0.15) is 0 Å². The molecule has 0 aliphatic carbocycles. The summed E-state index contributed by atoms with van der Waals surface area (Å²) < 4.78 is 13.2. The quantitative estimate of drug-likeness (QED) is 0.562. The van der Waals surface area contributed by atoms with Gasteiger partial charge in [0, 0.05) is 0 Å². The topological polar surface area (TPSA) is 23.8 Å². The summed E-state index contributed by atoms with van der Waals surface area (Å²) >= 11 is 1.06. The Bertz CT molecular complexity index is 234. The molecule has 0 unspecified atom stereocenters. The molecule has 1 nitrogen and oxygen atoms in total. The van der Waals surface area contributed by atoms with E-state index >= 15 is 0 Å². The Morgan fingerprint density at radius 3 is 2.60 bits per heavy atom. The van der Waals surface area contributed by atoms with E-state index in [2.05, 4.69) is 6.58 Å². The van der Waals surface area contributed by atoms with Crippen LogP contribution in [0.1, 0.15) is 6.92 Å². The standard InChI is InChI=1S/C7H6FN.W/c1-3-7(8)4-6(2)5-9;/h4H,2H2,1H3;/b7-4+;. The third-order valence-electron chi connectivity index (χ3n) is 0.781. The van der Waals surface area contributed by atoms with Crippen LogP contribution in [0.15, 0.2) is 24.1 Å². The molecule has 0 rings (SSSR count). The summed E-state index contributed by atoms with van der Waals surface area (Å²) in [6.07, 6.45) is 1.14. The predicted octanol–water partition coefficient (Wildman–Crippen LogP) is 1.66. The van der Waals surface area contributed by atoms with Gasteiger partial charge in [-0.1, -0.05) is 0 Å². The van der Waals surface area contributed by atoms with Gasteiger partial charge < -0.3 is 0 Å². The van der Waals surface area contributed by atoms with Crippen molar-refractivity contribution >= 4 is 3.90 Å². The van der Waals surface area contributed by atoms with Crippen LogP contribution < -0.4 is 0 Å². The maximum atomic E-state index is 12.6. The maximum absolute atomic E-state index is 12.6. The van der Waals surface area contributed by atoms with Crippen LogP contribution in [0.5, 0.6) is 0 Å². The summed E-state index contributed by atoms with van der Waals surface area (Å²) in [6, 6.07) is 1.74. The summed E-state index contributed by atoms with van der Waals surface area (Å²) in [4.78, 5) is 0. The zero-order valence-corrected chi connectivity index (χ0v) is 8.45. The molecule has 0 aromatic heterocycles. The average molecular weight is 307 g/mol. The predicted molar refractivity (Wildman–Crippen MR) is 34.6 cm³/mol. The Kier molecular flexibility index (Phi) is 4.07. The van der Waals surface area contributed by atoms with E-state index in [-0.39, 0.29) is 11.4 Å². The second-order valence-corrected chi connectivity index (χ2v) is 3.89. The zero-order valence-electron chi connectivity index (χ0n) is 5.52. The van der Waals surface area contributed by atoms with Crippen LogP contribution in [0.25, 0.3) is 0 Å². The fraction of sp³-hybridized carbons (Fsp3) is 0.143. The molecule has 10 heavy (non-hydrogen) atoms. The second kappa shape index (κ2) is 4.30. The van der Waals surface area contributed by atoms with Gasteiger partial charge in [-0.25, -0.2) is 0 Å². The minimum atomic E-state index is -0.346. The Hall–Kier alpha value is -0.542. The summed E-state index contributed by atoms with van der Waals surface area (Å²) in [5.74, 6) is -0.346. The van der Waals surface area contributed by atoms with Crippen LogP contribution >= 0.6 is 0 Å². The van der Waals surface area contributed by atoms with Gasteiger partial charge in [-0.3, -0.25) is 0 Å². The normalized spacial score (nSPS) is 10.3. The third kappa shape index (κ3) is 3.48. The minimum absolute atomic E-state index is 0.151. The van der Waals surface area contributed by atoms with Crippen molar-refractivity contribution < 1.29 is 23.7 Å². The molecule has 0 amide bonds. The van der Waals surface area contributed by atoms with Crippen molar-refractivity contribution in [1.82, 2.24) is 0 Å². The van der Waals surface area contributed by atoms with Crippen LogP contribution in [-0.4, -0.2) is 3.90 Å². The zero-order chi connectivity index (χ0) is 8.15. The first-order valence-corrected chi connectivity index (χ1v) is 4.01. The van der Waals surface area contributed by atoms with Gasteiger partial charge >= 0.3 is 70.0 Å². The Labute approximate surface area is 70.3 Å². The van der Waals surface area contributed by atoms with E-state index in [4.69, 9.17) is 5.26 Å². The summed E-state index contributed by atoms with van der Waals surface area (Å²) in [7, 11) is 0. The SMILES string of the molecule is C=C(C#N)/C=C(/F)[C](C)=[W]. The molecule has 52 valence electrons. The molecular formula is C7H6FNW. The van der Waals surface area contributed by atoms with Gasteiger partial charge in [-0.2, -0.15) is 0 Å². The second-order valence-electron chi connectivity index (χ2n) is 1.69. The number of nitrogens with zero attached hydrogens (tertiary/aromatic N) is 1. The van der Waals surface area contributed by atoms with Gasteiger partial charge in [0.25, 0.3) is 0 Å². The number of hydrogen-bond acceptors (Lipinski definition) is 1. The molecule has 0 N–H and O–H groups in total. The van der Waals surface area contributed by atoms with Crippen molar-refractivity contribution in [3.05, 3.63) is 24.1 Å². The fourth-order valence-corrected chi connectivity index (χ4v) is 0.499. The number of rotatable bonds is 2. The number of hydrogen-bond donors (Lipinski definition) is 0. The van der Waals surface area contributed by atoms with Crippen LogP contribution in [0.4, 0.5) is 4.39 Å². The van der Waals surface area contributed by atoms with Crippen molar-refractivity contribution in [2.24, 2.45) is 0 Å². The average Bonchev–Trinajstić information content (AvgIpc) is 1.87. The van der Waals surface area contributed by atoms with Crippen LogP contribution in [0, 0.1) is 11.3 Å². The number of nitriles is 1. The van der Waals surface area contributed by atoms with Crippen molar-refractivity contribution in [1.29, 1.82) is 5.26 Å². The molecule has 0 fully saturated rings. The van der Waals surface area contributed by atoms with E-state index in [1.807, 2.05) is 0 Å². The molecule has 0 bridgehead atoms. The van der Waals surface area contributed by atoms with E-state index in [0.29, 0.717) is 3.90 Å². The Morgan fingerprint density at radius 2 is 2.30 bits per heavy atom. The molecule has 0 saturated carbocycles. The Morgan fingerprint density at radius 1 is 1.80 bits per heavy atom. The van der Waals surface area contributed by atoms with Crippen molar-refractivity contribution in [3.63, 3.8) is 0 Å². The van der Waals surface area contributed by atoms with Gasteiger partial charge in [-0.15, -0.1) is 0 Å². The van der Waals surface area contributed by atoms with E-state index < -0.39 is 0 Å². The van der Waals surface area contributed by atoms with E-state index in [0.717, 1.165) is 25.4 Å². The molecule has 0 aromatic carbocycles. The molecule has 0 aliphatic rings. The molecule has 0 saturated heterocycles. The van der Waals surface area contributed by atoms with E-state index in [1.54, 1.807) is 13.0 Å². The summed E-state index contributed by atoms with van der Waals surface area (Å²) in [5.41, 5.74) is 0.151. The molecular weight excluding hydrogens is 301 g/mol. The molecule has 0 heterocycles. The molecule has 0 aromatic rings. The first kappa shape index (κ1) is 9.46. The molecule has 0 aliphatic heterocycles. The fourth-order valence-electron chi connectivity index (χ4n) is 0.287. The van der Waals surface area contributed by atoms with Crippen molar-refractivity contribution in [2.45, 2.75) is 6.92 Å². The molecule has 3 heteroatoms. The third-order valence-corrected chi connectivity index (χ3v) is 1.48. The van der Waals surface area contributed by atoms with Gasteiger partial charge in [0.15, 0.2) is 0 Å². The summed E-state index contributed by atoms with van der Waals surface area (Å²) in [5, 5.41) is 8.20. The van der Waals surface area contributed by atoms with E-state index in [9.17, 15) is 4.39 Å². The van der Waals surface area contributed by atoms with Crippen LogP contribution in [0.2, 0.25) is 0 Å². The van der Waals surface area contributed by atoms with Gasteiger partial charge in [0.2, 0.25) is 0 Å². The van der Waals surface area contributed by atoms with Gasteiger partial charge in [-0.05, 0) is 0 Å². The number of halogens is 1.